The lowest BCUT2D eigenvalue weighted by Gasteiger charge is -1.96. The van der Waals surface area contributed by atoms with Crippen molar-refractivity contribution >= 4 is 9.90 Å². The van der Waals surface area contributed by atoms with Crippen molar-refractivity contribution in [2.75, 3.05) is 0 Å². The number of nitrogens with zero attached hydrogens (tertiary/aromatic N) is 2. The lowest BCUT2D eigenvalue weighted by molar-refractivity contribution is 1.25. The Morgan fingerprint density at radius 2 is 1.15 bits per heavy atom. The largest absolute Gasteiger partial charge is 0.255 e. The fourth-order valence-corrected chi connectivity index (χ4v) is 1.03. The van der Waals surface area contributed by atoms with E-state index in [0.29, 0.717) is 0 Å². The molecule has 2 aromatic heterocycles. The Morgan fingerprint density at radius 1 is 0.692 bits per heavy atom. The highest BCUT2D eigenvalue weighted by molar-refractivity contribution is 6.92. The molecule has 0 aromatic carbocycles. The highest BCUT2D eigenvalue weighted by atomic mass is 31.0. The molecule has 0 aliphatic heterocycles. The van der Waals surface area contributed by atoms with E-state index in [1.54, 1.807) is 12.4 Å². The Labute approximate surface area is 80.7 Å². The van der Waals surface area contributed by atoms with Crippen LogP contribution < -0.4 is 0 Å². The van der Waals surface area contributed by atoms with E-state index >= 15 is 0 Å². The van der Waals surface area contributed by atoms with E-state index in [2.05, 4.69) is 9.97 Å². The lowest BCUT2D eigenvalue weighted by atomic mass is 10.2. The first-order valence-electron chi connectivity index (χ1n) is 3.79. The molecule has 0 fully saturated rings. The van der Waals surface area contributed by atoms with Crippen molar-refractivity contribution in [1.82, 2.24) is 9.97 Å². The Bertz CT molecular complexity index is 310. The molecular formula is C10H11N2P. The van der Waals surface area contributed by atoms with Crippen molar-refractivity contribution in [3.63, 3.8) is 0 Å². The zero-order valence-corrected chi connectivity index (χ0v) is 8.63. The summed E-state index contributed by atoms with van der Waals surface area (Å²) in [5.74, 6) is 0. The third-order valence-electron chi connectivity index (χ3n) is 1.59. The molecule has 1 unspecified atom stereocenters. The number of aromatic nitrogens is 2. The van der Waals surface area contributed by atoms with Crippen molar-refractivity contribution in [3.8, 4) is 11.4 Å². The minimum atomic E-state index is 0. The SMILES string of the molecule is P.c1ccc(-c2ccccn2)nc1. The molecule has 0 aliphatic carbocycles. The van der Waals surface area contributed by atoms with Crippen LogP contribution in [-0.4, -0.2) is 9.97 Å². The maximum Gasteiger partial charge on any atom is 0.0886 e. The summed E-state index contributed by atoms with van der Waals surface area (Å²) in [5.41, 5.74) is 1.83. The van der Waals surface area contributed by atoms with E-state index in [9.17, 15) is 0 Å². The van der Waals surface area contributed by atoms with Gasteiger partial charge in [-0.25, -0.2) is 0 Å². The molecule has 2 heterocycles. The van der Waals surface area contributed by atoms with E-state index in [1.807, 2.05) is 36.4 Å². The predicted molar refractivity (Wildman–Crippen MR) is 58.6 cm³/mol. The maximum absolute atomic E-state index is 4.19. The van der Waals surface area contributed by atoms with Gasteiger partial charge in [0.05, 0.1) is 11.4 Å². The minimum Gasteiger partial charge on any atom is -0.255 e. The van der Waals surface area contributed by atoms with E-state index in [0.717, 1.165) is 11.4 Å². The van der Waals surface area contributed by atoms with Crippen LogP contribution in [0.5, 0.6) is 0 Å². The summed E-state index contributed by atoms with van der Waals surface area (Å²) >= 11 is 0. The maximum atomic E-state index is 4.19. The number of hydrogen-bond donors (Lipinski definition) is 0. The molecule has 0 saturated carbocycles. The number of pyridine rings is 2. The summed E-state index contributed by atoms with van der Waals surface area (Å²) in [6.07, 6.45) is 3.54. The molecule has 0 N–H and O–H groups in total. The average molecular weight is 190 g/mol. The van der Waals surface area contributed by atoms with Crippen LogP contribution in [0.2, 0.25) is 0 Å². The molecule has 0 radical (unpaired) electrons. The molecule has 2 aromatic rings. The highest BCUT2D eigenvalue weighted by Gasteiger charge is 1.95. The zero-order chi connectivity index (χ0) is 8.23. The minimum absolute atomic E-state index is 0. The monoisotopic (exact) mass is 190 g/mol. The summed E-state index contributed by atoms with van der Waals surface area (Å²) in [6, 6.07) is 11.6. The summed E-state index contributed by atoms with van der Waals surface area (Å²) in [7, 11) is 0. The van der Waals surface area contributed by atoms with E-state index in [4.69, 9.17) is 0 Å². The molecular weight excluding hydrogens is 179 g/mol. The molecule has 0 bridgehead atoms. The van der Waals surface area contributed by atoms with Gasteiger partial charge in [0.1, 0.15) is 0 Å². The van der Waals surface area contributed by atoms with Crippen LogP contribution in [0.1, 0.15) is 0 Å². The molecule has 66 valence electrons. The molecule has 2 nitrogen and oxygen atoms in total. The fraction of sp³-hybridized carbons (Fsp3) is 0. The van der Waals surface area contributed by atoms with E-state index in [-0.39, 0.29) is 9.90 Å². The Balaban J connectivity index is 0.000000845. The van der Waals surface area contributed by atoms with Gasteiger partial charge >= 0.3 is 0 Å². The standard InChI is InChI=1S/C10H8N2.H3P/c1-3-7-11-9(5-1)10-6-2-4-8-12-10;/h1-8H;1H3. The first-order chi connectivity index (χ1) is 5.97. The number of hydrogen-bond acceptors (Lipinski definition) is 2. The van der Waals surface area contributed by atoms with Crippen molar-refractivity contribution in [2.45, 2.75) is 0 Å². The molecule has 2 rings (SSSR count). The normalized spacial score (nSPS) is 8.92. The Morgan fingerprint density at radius 3 is 1.46 bits per heavy atom. The first kappa shape index (κ1) is 9.82. The topological polar surface area (TPSA) is 25.8 Å². The van der Waals surface area contributed by atoms with Gasteiger partial charge < -0.3 is 0 Å². The van der Waals surface area contributed by atoms with Gasteiger partial charge in [0.15, 0.2) is 0 Å². The summed E-state index contributed by atoms with van der Waals surface area (Å²) in [4.78, 5) is 8.37. The molecule has 0 aliphatic rings. The van der Waals surface area contributed by atoms with Crippen LogP contribution in [0.3, 0.4) is 0 Å². The van der Waals surface area contributed by atoms with Gasteiger partial charge in [-0.05, 0) is 24.3 Å². The van der Waals surface area contributed by atoms with Crippen molar-refractivity contribution in [1.29, 1.82) is 0 Å². The smallest absolute Gasteiger partial charge is 0.0886 e. The van der Waals surface area contributed by atoms with E-state index in [1.165, 1.54) is 0 Å². The molecule has 13 heavy (non-hydrogen) atoms. The fourth-order valence-electron chi connectivity index (χ4n) is 1.03. The van der Waals surface area contributed by atoms with Crippen molar-refractivity contribution in [3.05, 3.63) is 48.8 Å². The van der Waals surface area contributed by atoms with Gasteiger partial charge in [0.25, 0.3) is 0 Å². The second kappa shape index (κ2) is 4.68. The molecule has 0 spiro atoms. The van der Waals surface area contributed by atoms with Gasteiger partial charge in [-0.15, -0.1) is 0 Å². The van der Waals surface area contributed by atoms with E-state index < -0.39 is 0 Å². The quantitative estimate of drug-likeness (QED) is 0.644. The van der Waals surface area contributed by atoms with Gasteiger partial charge in [0.2, 0.25) is 0 Å². The van der Waals surface area contributed by atoms with Gasteiger partial charge in [-0.2, -0.15) is 9.90 Å². The van der Waals surface area contributed by atoms with Crippen LogP contribution in [0.15, 0.2) is 48.8 Å². The van der Waals surface area contributed by atoms with Crippen molar-refractivity contribution in [2.24, 2.45) is 0 Å². The molecule has 3 heteroatoms. The van der Waals surface area contributed by atoms with Gasteiger partial charge in [-0.3, -0.25) is 9.97 Å². The number of rotatable bonds is 1. The zero-order valence-electron chi connectivity index (χ0n) is 7.22. The second-order valence-electron chi connectivity index (χ2n) is 2.43. The lowest BCUT2D eigenvalue weighted by Crippen LogP contribution is -1.83. The summed E-state index contributed by atoms with van der Waals surface area (Å²) < 4.78 is 0. The van der Waals surface area contributed by atoms with Crippen LogP contribution in [0.25, 0.3) is 11.4 Å². The Kier molecular flexibility index (Phi) is 3.53. The molecule has 0 amide bonds. The van der Waals surface area contributed by atoms with Crippen LogP contribution in [0.4, 0.5) is 0 Å². The van der Waals surface area contributed by atoms with Gasteiger partial charge in [0, 0.05) is 12.4 Å². The van der Waals surface area contributed by atoms with Gasteiger partial charge in [-0.1, -0.05) is 12.1 Å². The predicted octanol–water partition coefficient (Wildman–Crippen LogP) is 2.20. The van der Waals surface area contributed by atoms with Crippen LogP contribution in [0, 0.1) is 0 Å². The average Bonchev–Trinajstić information content (AvgIpc) is 2.21. The second-order valence-corrected chi connectivity index (χ2v) is 2.43. The molecule has 0 saturated heterocycles. The third kappa shape index (κ3) is 2.33. The third-order valence-corrected chi connectivity index (χ3v) is 1.59. The van der Waals surface area contributed by atoms with Crippen LogP contribution >= 0.6 is 9.90 Å². The van der Waals surface area contributed by atoms with Crippen LogP contribution in [-0.2, 0) is 0 Å². The Hall–Kier alpha value is -1.27. The van der Waals surface area contributed by atoms with Crippen molar-refractivity contribution < 1.29 is 0 Å². The first-order valence-corrected chi connectivity index (χ1v) is 3.79. The summed E-state index contributed by atoms with van der Waals surface area (Å²) in [6.45, 7) is 0. The highest BCUT2D eigenvalue weighted by Crippen LogP contribution is 2.10. The molecule has 1 atom stereocenters. The summed E-state index contributed by atoms with van der Waals surface area (Å²) in [5, 5.41) is 0.